The van der Waals surface area contributed by atoms with Gasteiger partial charge in [-0.1, -0.05) is 43.7 Å². The van der Waals surface area contributed by atoms with Gasteiger partial charge >= 0.3 is 6.11 Å². The van der Waals surface area contributed by atoms with E-state index in [4.69, 9.17) is 0 Å². The second-order valence-electron chi connectivity index (χ2n) is 7.39. The average Bonchev–Trinajstić information content (AvgIpc) is 2.78. The molecule has 8 heteroatoms. The zero-order valence-corrected chi connectivity index (χ0v) is 17.9. The van der Waals surface area contributed by atoms with E-state index in [0.29, 0.717) is 11.1 Å². The SMILES string of the molecule is CCCc1ccc(-c2ccc(/C(F)=C(\F)c3ccc(OC(F)(F)C=C(F)F)cc3)c(F)c2)cc1. The predicted octanol–water partition coefficient (Wildman–Crippen LogP) is 8.96. The molecule has 0 aliphatic heterocycles. The summed E-state index contributed by atoms with van der Waals surface area (Å²) < 4.78 is 98.6. The topological polar surface area (TPSA) is 9.23 Å². The van der Waals surface area contributed by atoms with Gasteiger partial charge in [-0.3, -0.25) is 0 Å². The van der Waals surface area contributed by atoms with Crippen molar-refractivity contribution >= 4 is 11.7 Å². The predicted molar refractivity (Wildman–Crippen MR) is 117 cm³/mol. The molecule has 3 rings (SSSR count). The number of hydrogen-bond acceptors (Lipinski definition) is 1. The normalized spacial score (nSPS) is 12.2. The number of halogens is 7. The summed E-state index contributed by atoms with van der Waals surface area (Å²) in [5, 5.41) is 0. The van der Waals surface area contributed by atoms with Crippen molar-refractivity contribution in [3.63, 3.8) is 0 Å². The molecule has 0 unspecified atom stereocenters. The molecule has 34 heavy (non-hydrogen) atoms. The summed E-state index contributed by atoms with van der Waals surface area (Å²) >= 11 is 0. The van der Waals surface area contributed by atoms with Crippen LogP contribution in [0.25, 0.3) is 22.8 Å². The quantitative estimate of drug-likeness (QED) is 0.231. The van der Waals surface area contributed by atoms with Crippen LogP contribution < -0.4 is 4.74 Å². The molecule has 0 radical (unpaired) electrons. The lowest BCUT2D eigenvalue weighted by molar-refractivity contribution is -0.133. The van der Waals surface area contributed by atoms with Crippen LogP contribution in [0, 0.1) is 5.82 Å². The van der Waals surface area contributed by atoms with Crippen LogP contribution >= 0.6 is 0 Å². The number of aryl methyl sites for hydroxylation is 1. The fraction of sp³-hybridized carbons (Fsp3) is 0.154. The standard InChI is InChI=1S/C26H19F7O/c1-2-3-16-4-6-17(7-5-16)19-10-13-21(22(27)14-19)25(31)24(30)18-8-11-20(12-9-18)34-26(32,33)15-23(28)29/h4-15H,2-3H2,1H3/b25-24+. The van der Waals surface area contributed by atoms with E-state index in [1.165, 1.54) is 6.07 Å². The van der Waals surface area contributed by atoms with Gasteiger partial charge in [0.25, 0.3) is 6.08 Å². The van der Waals surface area contributed by atoms with E-state index in [1.54, 1.807) is 0 Å². The van der Waals surface area contributed by atoms with E-state index in [9.17, 15) is 30.7 Å². The van der Waals surface area contributed by atoms with Gasteiger partial charge < -0.3 is 4.74 Å². The first-order chi connectivity index (χ1) is 16.1. The molecule has 178 valence electrons. The Balaban J connectivity index is 1.82. The maximum atomic E-state index is 14.7. The Bertz CT molecular complexity index is 1190. The van der Waals surface area contributed by atoms with Gasteiger partial charge in [0, 0.05) is 11.1 Å². The molecule has 0 N–H and O–H groups in total. The van der Waals surface area contributed by atoms with Crippen LogP contribution in [0.5, 0.6) is 5.75 Å². The Labute approximate surface area is 191 Å². The minimum absolute atomic E-state index is 0.379. The molecule has 0 heterocycles. The molecular weight excluding hydrogens is 461 g/mol. The summed E-state index contributed by atoms with van der Waals surface area (Å²) in [4.78, 5) is 0. The molecule has 0 saturated carbocycles. The van der Waals surface area contributed by atoms with Crippen LogP contribution in [0.2, 0.25) is 0 Å². The molecular formula is C26H19F7O. The molecule has 0 spiro atoms. The van der Waals surface area contributed by atoms with Crippen LogP contribution in [0.3, 0.4) is 0 Å². The third kappa shape index (κ3) is 6.27. The van der Waals surface area contributed by atoms with Crippen LogP contribution in [0.1, 0.15) is 30.0 Å². The number of benzene rings is 3. The molecule has 0 aliphatic carbocycles. The molecule has 3 aromatic carbocycles. The zero-order chi connectivity index (χ0) is 24.9. The van der Waals surface area contributed by atoms with E-state index in [2.05, 4.69) is 11.7 Å². The van der Waals surface area contributed by atoms with E-state index in [1.807, 2.05) is 24.3 Å². The highest BCUT2D eigenvalue weighted by Crippen LogP contribution is 2.33. The monoisotopic (exact) mass is 480 g/mol. The molecule has 0 atom stereocenters. The minimum atomic E-state index is -4.29. The molecule has 0 aromatic heterocycles. The lowest BCUT2D eigenvalue weighted by atomic mass is 10.00. The summed E-state index contributed by atoms with van der Waals surface area (Å²) in [7, 11) is 0. The van der Waals surface area contributed by atoms with Gasteiger partial charge in [-0.25, -0.2) is 13.2 Å². The van der Waals surface area contributed by atoms with Crippen molar-refractivity contribution in [1.29, 1.82) is 0 Å². The fourth-order valence-corrected chi connectivity index (χ4v) is 3.25. The zero-order valence-electron chi connectivity index (χ0n) is 17.9. The lowest BCUT2D eigenvalue weighted by Gasteiger charge is -2.14. The van der Waals surface area contributed by atoms with E-state index < -0.39 is 47.0 Å². The Morgan fingerprint density at radius 2 is 1.44 bits per heavy atom. The highest BCUT2D eigenvalue weighted by atomic mass is 19.3. The molecule has 0 aliphatic rings. The molecule has 0 saturated heterocycles. The summed E-state index contributed by atoms with van der Waals surface area (Å²) in [6.07, 6.45) is -5.72. The third-order valence-corrected chi connectivity index (χ3v) is 4.86. The van der Waals surface area contributed by atoms with Crippen molar-refractivity contribution in [2.45, 2.75) is 25.9 Å². The fourth-order valence-electron chi connectivity index (χ4n) is 3.25. The smallest absolute Gasteiger partial charge is 0.425 e. The van der Waals surface area contributed by atoms with Crippen LogP contribution in [0.15, 0.2) is 78.9 Å². The Morgan fingerprint density at radius 3 is 2.00 bits per heavy atom. The maximum Gasteiger partial charge on any atom is 0.425 e. The van der Waals surface area contributed by atoms with Gasteiger partial charge in [0.15, 0.2) is 11.7 Å². The number of ether oxygens (including phenoxy) is 1. The van der Waals surface area contributed by atoms with Crippen molar-refractivity contribution in [1.82, 2.24) is 0 Å². The van der Waals surface area contributed by atoms with Crippen LogP contribution in [0.4, 0.5) is 30.7 Å². The number of rotatable bonds is 8. The molecule has 0 amide bonds. The number of hydrogen-bond donors (Lipinski definition) is 0. The second-order valence-corrected chi connectivity index (χ2v) is 7.39. The summed E-state index contributed by atoms with van der Waals surface area (Å²) in [6, 6.07) is 14.6. The van der Waals surface area contributed by atoms with Crippen LogP contribution in [-0.2, 0) is 6.42 Å². The van der Waals surface area contributed by atoms with Crippen molar-refractivity contribution in [3.8, 4) is 16.9 Å². The van der Waals surface area contributed by atoms with Crippen molar-refractivity contribution in [2.75, 3.05) is 0 Å². The summed E-state index contributed by atoms with van der Waals surface area (Å²) in [5.74, 6) is -4.45. The van der Waals surface area contributed by atoms with Crippen molar-refractivity contribution in [2.24, 2.45) is 0 Å². The summed E-state index contributed by atoms with van der Waals surface area (Å²) in [5.41, 5.74) is 1.34. The first-order valence-corrected chi connectivity index (χ1v) is 10.2. The van der Waals surface area contributed by atoms with Crippen molar-refractivity contribution < 1.29 is 35.5 Å². The minimum Gasteiger partial charge on any atom is -0.429 e. The Hall–Kier alpha value is -3.55. The molecule has 1 nitrogen and oxygen atoms in total. The van der Waals surface area contributed by atoms with Gasteiger partial charge in [0.1, 0.15) is 11.6 Å². The van der Waals surface area contributed by atoms with E-state index in [-0.39, 0.29) is 5.56 Å². The molecule has 3 aromatic rings. The average molecular weight is 480 g/mol. The summed E-state index contributed by atoms with van der Waals surface area (Å²) in [6.45, 7) is 2.05. The second kappa shape index (κ2) is 10.6. The van der Waals surface area contributed by atoms with Gasteiger partial charge in [-0.15, -0.1) is 0 Å². The van der Waals surface area contributed by atoms with Gasteiger partial charge in [-0.2, -0.15) is 17.6 Å². The van der Waals surface area contributed by atoms with Gasteiger partial charge in [0.05, 0.1) is 6.08 Å². The molecule has 0 fully saturated rings. The third-order valence-electron chi connectivity index (χ3n) is 4.86. The van der Waals surface area contributed by atoms with E-state index >= 15 is 0 Å². The Kier molecular flexibility index (Phi) is 7.81. The van der Waals surface area contributed by atoms with Gasteiger partial charge in [-0.05, 0) is 59.5 Å². The lowest BCUT2D eigenvalue weighted by Crippen LogP contribution is -2.21. The van der Waals surface area contributed by atoms with Gasteiger partial charge in [0.2, 0.25) is 0 Å². The maximum absolute atomic E-state index is 14.7. The number of alkyl halides is 2. The highest BCUT2D eigenvalue weighted by Gasteiger charge is 2.30. The largest absolute Gasteiger partial charge is 0.429 e. The van der Waals surface area contributed by atoms with Crippen LogP contribution in [-0.4, -0.2) is 6.11 Å². The first kappa shape index (κ1) is 25.1. The van der Waals surface area contributed by atoms with E-state index in [0.717, 1.165) is 54.8 Å². The molecule has 0 bridgehead atoms. The first-order valence-electron chi connectivity index (χ1n) is 10.2. The highest BCUT2D eigenvalue weighted by molar-refractivity contribution is 5.84. The Morgan fingerprint density at radius 1 is 0.824 bits per heavy atom. The van der Waals surface area contributed by atoms with Crippen molar-refractivity contribution in [3.05, 3.63) is 101 Å².